The van der Waals surface area contributed by atoms with Crippen molar-refractivity contribution in [2.24, 2.45) is 5.16 Å². The van der Waals surface area contributed by atoms with Crippen LogP contribution >= 0.6 is 69.6 Å². The highest BCUT2D eigenvalue weighted by Crippen LogP contribution is 2.37. The van der Waals surface area contributed by atoms with Crippen molar-refractivity contribution in [2.45, 2.75) is 6.42 Å². The van der Waals surface area contributed by atoms with Crippen LogP contribution in [0.2, 0.25) is 10.0 Å². The van der Waals surface area contributed by atoms with Crippen molar-refractivity contribution >= 4 is 75.8 Å². The third-order valence-corrected chi connectivity index (χ3v) is 3.97. The Labute approximate surface area is 193 Å². The smallest absolute Gasteiger partial charge is 0.156 e. The van der Waals surface area contributed by atoms with Gasteiger partial charge in [-0.25, -0.2) is 0 Å². The number of hydrogen-bond acceptors (Lipinski definition) is 5. The lowest BCUT2D eigenvalue weighted by Crippen LogP contribution is -2.05. The van der Waals surface area contributed by atoms with E-state index in [9.17, 15) is 0 Å². The summed E-state index contributed by atoms with van der Waals surface area (Å²) in [4.78, 5) is 4.87. The molecule has 1 aromatic rings. The fourth-order valence-electron chi connectivity index (χ4n) is 1.66. The van der Waals surface area contributed by atoms with Crippen molar-refractivity contribution in [3.05, 3.63) is 43.3 Å². The number of rotatable bonds is 13. The van der Waals surface area contributed by atoms with Crippen LogP contribution in [0.1, 0.15) is 6.42 Å². The van der Waals surface area contributed by atoms with Gasteiger partial charge in [-0.3, -0.25) is 0 Å². The summed E-state index contributed by atoms with van der Waals surface area (Å²) < 4.78 is 16.6. The molecule has 0 N–H and O–H groups in total. The number of halogens is 6. The van der Waals surface area contributed by atoms with E-state index in [0.717, 1.165) is 0 Å². The molecule has 0 radical (unpaired) electrons. The van der Waals surface area contributed by atoms with Crippen molar-refractivity contribution in [3.63, 3.8) is 0 Å². The van der Waals surface area contributed by atoms with Gasteiger partial charge in [0.1, 0.15) is 27.9 Å². The maximum Gasteiger partial charge on any atom is 0.156 e. The Balaban J connectivity index is 2.25. The van der Waals surface area contributed by atoms with Gasteiger partial charge in [-0.05, 0) is 12.2 Å². The Hall–Kier alpha value is -0.530. The van der Waals surface area contributed by atoms with Gasteiger partial charge in [0.15, 0.2) is 5.75 Å². The number of nitrogens with zero attached hydrogens (tertiary/aromatic N) is 1. The van der Waals surface area contributed by atoms with Crippen molar-refractivity contribution < 1.29 is 19.0 Å². The molecule has 11 heteroatoms. The molecular weight excluding hydrogens is 495 g/mol. The van der Waals surface area contributed by atoms with E-state index in [2.05, 4.69) is 5.16 Å². The van der Waals surface area contributed by atoms with Gasteiger partial charge in [-0.1, -0.05) is 74.8 Å². The molecule has 0 fully saturated rings. The molecule has 0 aromatic heterocycles. The fourth-order valence-corrected chi connectivity index (χ4v) is 2.48. The predicted molar refractivity (Wildman–Crippen MR) is 117 cm³/mol. The van der Waals surface area contributed by atoms with E-state index < -0.39 is 0 Å². The molecule has 156 valence electrons. The Bertz CT molecular complexity index is 665. The van der Waals surface area contributed by atoms with Gasteiger partial charge < -0.3 is 19.0 Å². The van der Waals surface area contributed by atoms with Crippen molar-refractivity contribution in [1.29, 1.82) is 0 Å². The summed E-state index contributed by atoms with van der Waals surface area (Å²) >= 11 is 34.2. The maximum atomic E-state index is 6.18. The second-order valence-electron chi connectivity index (χ2n) is 4.88. The third kappa shape index (κ3) is 12.1. The average Bonchev–Trinajstić information content (AvgIpc) is 2.61. The molecule has 0 saturated carbocycles. The zero-order chi connectivity index (χ0) is 20.8. The topological polar surface area (TPSA) is 49.3 Å². The van der Waals surface area contributed by atoms with Gasteiger partial charge in [-0.15, -0.1) is 0 Å². The normalized spacial score (nSPS) is 10.6. The minimum atomic E-state index is 0.117. The Morgan fingerprint density at radius 2 is 1.50 bits per heavy atom. The van der Waals surface area contributed by atoms with Gasteiger partial charge in [0.05, 0.1) is 36.1 Å². The molecule has 1 rings (SSSR count). The number of benzene rings is 1. The third-order valence-electron chi connectivity index (χ3n) is 2.79. The number of ether oxygens (including phenoxy) is 3. The highest BCUT2D eigenvalue weighted by molar-refractivity contribution is 6.56. The highest BCUT2D eigenvalue weighted by Gasteiger charge is 2.10. The molecule has 0 bridgehead atoms. The lowest BCUT2D eigenvalue weighted by Gasteiger charge is -2.12. The summed E-state index contributed by atoms with van der Waals surface area (Å²) in [7, 11) is 0. The van der Waals surface area contributed by atoms with E-state index in [1.54, 1.807) is 12.1 Å². The standard InChI is InChI=1S/C17H17Cl6NO4/c18-13-10-12(26-7-2-15(20)21)11-14(19)17(13)27-6-1-5-25-9-4-24-28-8-3-16(22)23/h2-4,10-11H,1,5-9H2/b24-4+. The van der Waals surface area contributed by atoms with E-state index in [4.69, 9.17) is 88.7 Å². The Morgan fingerprint density at radius 1 is 0.857 bits per heavy atom. The molecule has 0 unspecified atom stereocenters. The van der Waals surface area contributed by atoms with Crippen LogP contribution in [-0.2, 0) is 9.57 Å². The van der Waals surface area contributed by atoms with Gasteiger partial charge in [0.2, 0.25) is 0 Å². The monoisotopic (exact) mass is 509 g/mol. The van der Waals surface area contributed by atoms with Crippen LogP contribution in [0, 0.1) is 0 Å². The van der Waals surface area contributed by atoms with Crippen molar-refractivity contribution in [2.75, 3.05) is 33.0 Å². The summed E-state index contributed by atoms with van der Waals surface area (Å²) in [5, 5.41) is 4.33. The van der Waals surface area contributed by atoms with E-state index in [0.29, 0.717) is 47.8 Å². The first-order chi connectivity index (χ1) is 13.4. The Kier molecular flexibility index (Phi) is 14.0. The first kappa shape index (κ1) is 25.5. The second-order valence-corrected chi connectivity index (χ2v) is 7.71. The van der Waals surface area contributed by atoms with E-state index in [1.165, 1.54) is 18.4 Å². The minimum absolute atomic E-state index is 0.117. The summed E-state index contributed by atoms with van der Waals surface area (Å²) in [6, 6.07) is 3.19. The van der Waals surface area contributed by atoms with Crippen LogP contribution < -0.4 is 9.47 Å². The second kappa shape index (κ2) is 15.3. The van der Waals surface area contributed by atoms with Gasteiger partial charge in [0.25, 0.3) is 0 Å². The van der Waals surface area contributed by atoms with Crippen LogP contribution in [-0.4, -0.2) is 39.2 Å². The molecule has 0 atom stereocenters. The van der Waals surface area contributed by atoms with Crippen molar-refractivity contribution in [1.82, 2.24) is 0 Å². The SMILES string of the molecule is ClC(Cl)=CCO/N=C/COCCCOc1c(Cl)cc(OCC=C(Cl)Cl)cc1Cl. The first-order valence-electron chi connectivity index (χ1n) is 7.88. The van der Waals surface area contributed by atoms with Crippen LogP contribution in [0.15, 0.2) is 38.4 Å². The van der Waals surface area contributed by atoms with E-state index in [1.807, 2.05) is 0 Å². The molecule has 0 aliphatic rings. The molecule has 5 nitrogen and oxygen atoms in total. The maximum absolute atomic E-state index is 6.18. The van der Waals surface area contributed by atoms with Gasteiger partial charge >= 0.3 is 0 Å². The zero-order valence-electron chi connectivity index (χ0n) is 14.5. The zero-order valence-corrected chi connectivity index (χ0v) is 19.0. The number of oxime groups is 1. The van der Waals surface area contributed by atoms with Crippen LogP contribution in [0.5, 0.6) is 11.5 Å². The lowest BCUT2D eigenvalue weighted by atomic mass is 10.3. The average molecular weight is 512 g/mol. The molecule has 0 heterocycles. The largest absolute Gasteiger partial charge is 0.490 e. The Morgan fingerprint density at radius 3 is 2.14 bits per heavy atom. The summed E-state index contributed by atoms with van der Waals surface area (Å²) in [6.45, 7) is 1.51. The summed E-state index contributed by atoms with van der Waals surface area (Å²) in [6.07, 6.45) is 5.08. The minimum Gasteiger partial charge on any atom is -0.490 e. The quantitative estimate of drug-likeness (QED) is 0.166. The van der Waals surface area contributed by atoms with E-state index >= 15 is 0 Å². The lowest BCUT2D eigenvalue weighted by molar-refractivity contribution is 0.144. The predicted octanol–water partition coefficient (Wildman–Crippen LogP) is 6.80. The molecule has 0 spiro atoms. The molecule has 1 aromatic carbocycles. The van der Waals surface area contributed by atoms with Gasteiger partial charge in [-0.2, -0.15) is 0 Å². The van der Waals surface area contributed by atoms with Crippen LogP contribution in [0.3, 0.4) is 0 Å². The van der Waals surface area contributed by atoms with Gasteiger partial charge in [0, 0.05) is 18.6 Å². The van der Waals surface area contributed by atoms with Crippen molar-refractivity contribution in [3.8, 4) is 11.5 Å². The molecule has 0 aliphatic carbocycles. The van der Waals surface area contributed by atoms with E-state index in [-0.39, 0.29) is 22.2 Å². The molecule has 0 aliphatic heterocycles. The molecule has 28 heavy (non-hydrogen) atoms. The molecular formula is C17H17Cl6NO4. The van der Waals surface area contributed by atoms with Crippen LogP contribution in [0.25, 0.3) is 0 Å². The highest BCUT2D eigenvalue weighted by atomic mass is 35.5. The first-order valence-corrected chi connectivity index (χ1v) is 10.2. The summed E-state index contributed by atoms with van der Waals surface area (Å²) in [5.74, 6) is 0.851. The fraction of sp³-hybridized carbons (Fsp3) is 0.353. The van der Waals surface area contributed by atoms with Crippen LogP contribution in [0.4, 0.5) is 0 Å². The number of hydrogen-bond donors (Lipinski definition) is 0. The molecule has 0 saturated heterocycles. The summed E-state index contributed by atoms with van der Waals surface area (Å²) in [5.41, 5.74) is 0. The molecule has 0 amide bonds.